The summed E-state index contributed by atoms with van der Waals surface area (Å²) in [5, 5.41) is 25.7. The van der Waals surface area contributed by atoms with Gasteiger partial charge in [-0.15, -0.1) is 0 Å². The number of hydrogen-bond acceptors (Lipinski definition) is 9. The van der Waals surface area contributed by atoms with E-state index in [1.165, 1.54) is 25.1 Å². The molecule has 3 atom stereocenters. The molecule has 2 aliphatic heterocycles. The standard InChI is InChI=1S/C50H42Cl2N4O9S/c1-29-19-39(54-30(2)57)14-18-48(29)66(61,62)56-26-38-24-46-45(64-28-47(65-46)36-12-15-40(16-13-36)63-27-33-7-17-41(51)42(52)20-33)23-37(38)22-44(56)49(58)55-43(50(59)60)21-31-3-8-34(9-4-31)35-10-5-32(25-53)6-11-35/h3-20,23-24,43-44,47H,21-22,26-28H2,1-2H3,(H,54,57)(H,55,58)(H,59,60)/t43?,44-,47+/m0/s1. The zero-order chi connectivity index (χ0) is 46.7. The molecule has 0 radical (unpaired) electrons. The van der Waals surface area contributed by atoms with Gasteiger partial charge in [-0.05, 0) is 125 Å². The zero-order valence-electron chi connectivity index (χ0n) is 35.6. The quantitative estimate of drug-likeness (QED) is 0.101. The number of halogens is 2. The maximum absolute atomic E-state index is 14.7. The SMILES string of the molecule is CC(=O)Nc1ccc(S(=O)(=O)N2Cc3cc4c(cc3C[C@H]2C(=O)NC(Cc2ccc(-c3ccc(C#N)cc3)cc2)C(=O)O)OC[C@H](c2ccc(OCc3ccc(Cl)c(Cl)c3)cc2)O4)c(C)c1. The summed E-state index contributed by atoms with van der Waals surface area (Å²) in [6.07, 6.45) is -0.687. The second-order valence-corrected chi connectivity index (χ2v) is 18.7. The normalized spacial score (nSPS) is 16.0. The lowest BCUT2D eigenvalue weighted by molar-refractivity contribution is -0.142. The molecule has 1 unspecified atom stereocenters. The summed E-state index contributed by atoms with van der Waals surface area (Å²) < 4.78 is 49.1. The Morgan fingerprint density at radius 3 is 2.20 bits per heavy atom. The number of rotatable bonds is 13. The predicted molar refractivity (Wildman–Crippen MR) is 248 cm³/mol. The molecular weight excluding hydrogens is 904 g/mol. The van der Waals surface area contributed by atoms with E-state index in [0.717, 1.165) is 26.6 Å². The number of ether oxygens (including phenoxy) is 3. The van der Waals surface area contributed by atoms with Crippen molar-refractivity contribution in [1.82, 2.24) is 9.62 Å². The van der Waals surface area contributed by atoms with Crippen LogP contribution in [0.2, 0.25) is 10.0 Å². The van der Waals surface area contributed by atoms with Gasteiger partial charge in [0.25, 0.3) is 0 Å². The first kappa shape index (κ1) is 45.7. The fourth-order valence-corrected chi connectivity index (χ4v) is 10.1. The number of benzene rings is 6. The van der Waals surface area contributed by atoms with Crippen LogP contribution in [-0.2, 0) is 50.4 Å². The van der Waals surface area contributed by atoms with Crippen LogP contribution in [0.15, 0.2) is 126 Å². The van der Waals surface area contributed by atoms with Crippen molar-refractivity contribution in [3.63, 3.8) is 0 Å². The number of sulfonamides is 1. The largest absolute Gasteiger partial charge is 0.489 e. The molecule has 0 bridgehead atoms. The molecule has 66 heavy (non-hydrogen) atoms. The second kappa shape index (κ2) is 19.3. The molecule has 8 rings (SSSR count). The number of anilines is 1. The molecule has 0 saturated carbocycles. The lowest BCUT2D eigenvalue weighted by atomic mass is 9.93. The Labute approximate surface area is 391 Å². The Balaban J connectivity index is 1.03. The van der Waals surface area contributed by atoms with Crippen molar-refractivity contribution in [3.05, 3.63) is 170 Å². The van der Waals surface area contributed by atoms with Crippen molar-refractivity contribution >= 4 is 56.7 Å². The van der Waals surface area contributed by atoms with E-state index in [9.17, 15) is 27.9 Å². The van der Waals surface area contributed by atoms with Gasteiger partial charge < -0.3 is 30.0 Å². The lowest BCUT2D eigenvalue weighted by Crippen LogP contribution is -2.55. The first-order chi connectivity index (χ1) is 31.6. The Kier molecular flexibility index (Phi) is 13.4. The van der Waals surface area contributed by atoms with E-state index in [0.29, 0.717) is 60.8 Å². The van der Waals surface area contributed by atoms with Crippen molar-refractivity contribution in [3.8, 4) is 34.4 Å². The highest BCUT2D eigenvalue weighted by Crippen LogP contribution is 2.42. The third-order valence-corrected chi connectivity index (χ3v) is 14.1. The van der Waals surface area contributed by atoms with Crippen molar-refractivity contribution in [2.75, 3.05) is 11.9 Å². The maximum atomic E-state index is 14.7. The van der Waals surface area contributed by atoms with Gasteiger partial charge in [0, 0.05) is 25.6 Å². The molecule has 13 nitrogen and oxygen atoms in total. The van der Waals surface area contributed by atoms with Crippen LogP contribution in [0.1, 0.15) is 52.0 Å². The zero-order valence-corrected chi connectivity index (χ0v) is 37.9. The van der Waals surface area contributed by atoms with E-state index in [4.69, 9.17) is 42.7 Å². The summed E-state index contributed by atoms with van der Waals surface area (Å²) in [5.74, 6) is -0.993. The number of amides is 2. The van der Waals surface area contributed by atoms with Crippen molar-refractivity contribution < 1.29 is 42.1 Å². The van der Waals surface area contributed by atoms with Gasteiger partial charge in [-0.1, -0.05) is 77.8 Å². The summed E-state index contributed by atoms with van der Waals surface area (Å²) in [7, 11) is -4.43. The number of hydrogen-bond donors (Lipinski definition) is 3. The third kappa shape index (κ3) is 10.1. The van der Waals surface area contributed by atoms with Gasteiger partial charge in [0.05, 0.1) is 26.6 Å². The van der Waals surface area contributed by atoms with Crippen LogP contribution < -0.4 is 24.8 Å². The number of carbonyl (C=O) groups excluding carboxylic acids is 2. The fourth-order valence-electron chi connectivity index (χ4n) is 7.96. The number of nitrogens with one attached hydrogen (secondary N) is 2. The topological polar surface area (TPSA) is 184 Å². The van der Waals surface area contributed by atoms with Gasteiger partial charge in [-0.25, -0.2) is 13.2 Å². The van der Waals surface area contributed by atoms with Crippen LogP contribution in [0.4, 0.5) is 5.69 Å². The summed E-state index contributed by atoms with van der Waals surface area (Å²) in [5.41, 5.74) is 6.48. The summed E-state index contributed by atoms with van der Waals surface area (Å²) >= 11 is 12.2. The van der Waals surface area contributed by atoms with Crippen molar-refractivity contribution in [2.24, 2.45) is 0 Å². The first-order valence-electron chi connectivity index (χ1n) is 20.8. The molecular formula is C50H42Cl2N4O9S. The van der Waals surface area contributed by atoms with E-state index in [1.54, 1.807) is 55.5 Å². The average molecular weight is 946 g/mol. The highest BCUT2D eigenvalue weighted by Gasteiger charge is 2.42. The van der Waals surface area contributed by atoms with Gasteiger partial charge in [-0.3, -0.25) is 9.59 Å². The summed E-state index contributed by atoms with van der Waals surface area (Å²) in [6.45, 7) is 3.14. The lowest BCUT2D eigenvalue weighted by Gasteiger charge is -2.37. The van der Waals surface area contributed by atoms with Gasteiger partial charge in [0.2, 0.25) is 21.8 Å². The number of nitriles is 1. The van der Waals surface area contributed by atoms with E-state index in [2.05, 4.69) is 16.7 Å². The van der Waals surface area contributed by atoms with Gasteiger partial charge in [0.15, 0.2) is 17.6 Å². The molecule has 0 aromatic heterocycles. The Morgan fingerprint density at radius 2 is 1.55 bits per heavy atom. The van der Waals surface area contributed by atoms with Crippen molar-refractivity contribution in [2.45, 2.75) is 62.9 Å². The van der Waals surface area contributed by atoms with E-state index >= 15 is 0 Å². The van der Waals surface area contributed by atoms with Crippen LogP contribution in [0.25, 0.3) is 11.1 Å². The number of carbonyl (C=O) groups is 3. The van der Waals surface area contributed by atoms with Crippen LogP contribution >= 0.6 is 23.2 Å². The van der Waals surface area contributed by atoms with Crippen molar-refractivity contribution in [1.29, 1.82) is 5.26 Å². The average Bonchev–Trinajstić information content (AvgIpc) is 3.30. The van der Waals surface area contributed by atoms with E-state index in [-0.39, 0.29) is 43.4 Å². The van der Waals surface area contributed by atoms with Crippen LogP contribution in [0, 0.1) is 18.3 Å². The molecule has 6 aromatic carbocycles. The first-order valence-corrected chi connectivity index (χ1v) is 23.0. The third-order valence-electron chi connectivity index (χ3n) is 11.4. The van der Waals surface area contributed by atoms with Crippen LogP contribution in [0.5, 0.6) is 17.2 Å². The van der Waals surface area contributed by atoms with Crippen LogP contribution in [0.3, 0.4) is 0 Å². The second-order valence-electron chi connectivity index (χ2n) is 16.0. The monoisotopic (exact) mass is 944 g/mol. The van der Waals surface area contributed by atoms with Gasteiger partial charge in [0.1, 0.15) is 31.0 Å². The van der Waals surface area contributed by atoms with E-state index < -0.39 is 40.1 Å². The molecule has 3 N–H and O–H groups in total. The molecule has 336 valence electrons. The maximum Gasteiger partial charge on any atom is 0.326 e. The molecule has 0 saturated heterocycles. The summed E-state index contributed by atoms with van der Waals surface area (Å²) in [6, 6.07) is 34.1. The number of carboxylic acids is 1. The fraction of sp³-hybridized carbons (Fsp3) is 0.200. The number of aryl methyl sites for hydroxylation is 1. The minimum atomic E-state index is -4.43. The predicted octanol–water partition coefficient (Wildman–Crippen LogP) is 8.82. The number of nitrogens with zero attached hydrogens (tertiary/aromatic N) is 2. The molecule has 2 amide bonds. The molecule has 16 heteroatoms. The van der Waals surface area contributed by atoms with Gasteiger partial charge in [-0.2, -0.15) is 9.57 Å². The highest BCUT2D eigenvalue weighted by atomic mass is 35.5. The smallest absolute Gasteiger partial charge is 0.326 e. The molecule has 2 heterocycles. The molecule has 0 fully saturated rings. The Morgan fingerprint density at radius 1 is 0.864 bits per heavy atom. The Bertz CT molecular complexity index is 3000. The number of carboxylic acid groups (broad SMARTS) is 1. The number of fused-ring (bicyclic) bond motifs is 2. The molecule has 6 aromatic rings. The minimum Gasteiger partial charge on any atom is -0.489 e. The Hall–Kier alpha value is -6.89. The highest BCUT2D eigenvalue weighted by molar-refractivity contribution is 7.89. The summed E-state index contributed by atoms with van der Waals surface area (Å²) in [4.78, 5) is 38.7. The van der Waals surface area contributed by atoms with E-state index in [1.807, 2.05) is 54.6 Å². The molecule has 0 aliphatic carbocycles. The van der Waals surface area contributed by atoms with Crippen LogP contribution in [-0.4, -0.2) is 54.3 Å². The number of aliphatic carboxylic acids is 1. The molecule has 2 aliphatic rings. The molecule has 0 spiro atoms. The van der Waals surface area contributed by atoms with Gasteiger partial charge >= 0.3 is 5.97 Å². The minimum absolute atomic E-state index is 0.0805.